The van der Waals surface area contributed by atoms with E-state index in [4.69, 9.17) is 20.0 Å². The molecule has 0 fully saturated rings. The molecule has 5 heteroatoms. The average molecular weight is 678 g/mol. The first kappa shape index (κ1) is 30.4. The van der Waals surface area contributed by atoms with Crippen molar-refractivity contribution in [1.29, 1.82) is 0 Å². The fourth-order valence-corrected chi connectivity index (χ4v) is 6.69. The van der Waals surface area contributed by atoms with Crippen LogP contribution in [0.3, 0.4) is 0 Å². The van der Waals surface area contributed by atoms with Crippen LogP contribution in [-0.2, 0) is 19.5 Å². The molecule has 0 atom stereocenters. The normalized spacial score (nSPS) is 17.5. The third kappa shape index (κ3) is 5.59. The fraction of sp³-hybridized carbons (Fsp3) is 0. The number of hydrogen-bond acceptors (Lipinski definition) is 4. The molecule has 0 saturated heterocycles. The van der Waals surface area contributed by atoms with Gasteiger partial charge in [0.05, 0.1) is 45.6 Å². The Morgan fingerprint density at radius 2 is 0.449 bits per heavy atom. The average Bonchev–Trinajstić information content (AvgIpc) is 3.98. The Labute approximate surface area is 298 Å². The summed E-state index contributed by atoms with van der Waals surface area (Å²) in [5.41, 5.74) is 15.0. The molecular formula is C44H28N4Zn. The second-order valence-corrected chi connectivity index (χ2v) is 11.8. The van der Waals surface area contributed by atoms with Crippen LogP contribution < -0.4 is 0 Å². The number of benzene rings is 4. The molecule has 4 aromatic rings. The zero-order chi connectivity index (χ0) is 31.9. The van der Waals surface area contributed by atoms with Gasteiger partial charge in [-0.25, -0.2) is 20.0 Å². The summed E-state index contributed by atoms with van der Waals surface area (Å²) in [6.45, 7) is 0. The van der Waals surface area contributed by atoms with Gasteiger partial charge in [0.15, 0.2) is 0 Å². The Balaban J connectivity index is 0.00000348. The summed E-state index contributed by atoms with van der Waals surface area (Å²) in [5, 5.41) is 0. The summed E-state index contributed by atoms with van der Waals surface area (Å²) < 4.78 is 0. The van der Waals surface area contributed by atoms with Crippen molar-refractivity contribution in [2.45, 2.75) is 0 Å². The fourth-order valence-electron chi connectivity index (χ4n) is 6.69. The molecule has 0 N–H and O–H groups in total. The summed E-state index contributed by atoms with van der Waals surface area (Å²) in [4.78, 5) is 21.2. The zero-order valence-corrected chi connectivity index (χ0v) is 29.6. The monoisotopic (exact) mass is 676 g/mol. The SMILES string of the molecule is C1=CC2=C(c3ccccc3)C3=NC(=C(c4ccccc4)C4=NC(=C(c5ccccc5)C5=NC(=C(c6ccccc6)C1=N2)C=C5)C=C4)C=C3.[Zn]. The molecule has 5 heterocycles. The second-order valence-electron chi connectivity index (χ2n) is 11.8. The van der Waals surface area contributed by atoms with Crippen molar-refractivity contribution in [2.24, 2.45) is 20.0 Å². The first-order valence-electron chi connectivity index (χ1n) is 16.1. The smallest absolute Gasteiger partial charge is 0.0738 e. The van der Waals surface area contributed by atoms with E-state index < -0.39 is 0 Å². The summed E-state index contributed by atoms with van der Waals surface area (Å²) in [6, 6.07) is 41.6. The standard InChI is InChI=1S/C44H28N4.Zn/c1-5-13-29(14-6-1)41-33-21-23-35(45-33)42(30-15-7-2-8-16-30)37-25-27-39(47-37)44(32-19-11-4-12-20-32)40-28-26-38(48-40)43(31-17-9-3-10-18-31)36-24-22-34(41)46-36;/h1-28H;. The van der Waals surface area contributed by atoms with Gasteiger partial charge in [0.1, 0.15) is 0 Å². The Kier molecular flexibility index (Phi) is 8.05. The number of hydrogen-bond donors (Lipinski definition) is 0. The van der Waals surface area contributed by atoms with Crippen molar-refractivity contribution >= 4 is 45.1 Å². The molecule has 8 bridgehead atoms. The van der Waals surface area contributed by atoms with E-state index >= 15 is 0 Å². The Bertz CT molecular complexity index is 2040. The van der Waals surface area contributed by atoms with Crippen molar-refractivity contribution in [3.8, 4) is 0 Å². The number of nitrogens with zero attached hydrogens (tertiary/aromatic N) is 4. The van der Waals surface area contributed by atoms with E-state index in [1.807, 2.05) is 24.3 Å². The zero-order valence-electron chi connectivity index (χ0n) is 26.7. The van der Waals surface area contributed by atoms with Gasteiger partial charge in [0, 0.05) is 41.8 Å². The van der Waals surface area contributed by atoms with Crippen LogP contribution >= 0.6 is 0 Å². The van der Waals surface area contributed by atoms with Gasteiger partial charge >= 0.3 is 0 Å². The van der Waals surface area contributed by atoms with Crippen LogP contribution in [0.5, 0.6) is 0 Å². The Morgan fingerprint density at radius 3 is 0.653 bits per heavy atom. The minimum atomic E-state index is 0. The van der Waals surface area contributed by atoms with Gasteiger partial charge in [0.25, 0.3) is 0 Å². The molecule has 49 heavy (non-hydrogen) atoms. The maximum atomic E-state index is 5.31. The number of allylic oxidation sites excluding steroid dienone is 12. The quantitative estimate of drug-likeness (QED) is 0.193. The third-order valence-electron chi connectivity index (χ3n) is 8.86. The molecule has 226 valence electrons. The first-order valence-corrected chi connectivity index (χ1v) is 16.1. The molecule has 5 aliphatic rings. The minimum Gasteiger partial charge on any atom is -0.248 e. The molecule has 9 rings (SSSR count). The van der Waals surface area contributed by atoms with Gasteiger partial charge in [-0.05, 0) is 70.9 Å². The van der Waals surface area contributed by atoms with E-state index in [9.17, 15) is 0 Å². The third-order valence-corrected chi connectivity index (χ3v) is 8.86. The van der Waals surface area contributed by atoms with E-state index in [-0.39, 0.29) is 19.5 Å². The molecule has 0 aromatic heterocycles. The summed E-state index contributed by atoms with van der Waals surface area (Å²) in [7, 11) is 0. The Hall–Kier alpha value is -5.90. The van der Waals surface area contributed by atoms with E-state index in [1.54, 1.807) is 0 Å². The molecule has 0 spiro atoms. The summed E-state index contributed by atoms with van der Waals surface area (Å²) in [5.74, 6) is 0. The topological polar surface area (TPSA) is 49.4 Å². The predicted molar refractivity (Wildman–Crippen MR) is 200 cm³/mol. The van der Waals surface area contributed by atoms with Crippen LogP contribution in [0.15, 0.2) is 213 Å². The molecule has 0 aliphatic carbocycles. The number of fused-ring (bicyclic) bond motifs is 4. The molecule has 5 aliphatic heterocycles. The van der Waals surface area contributed by atoms with E-state index in [1.165, 1.54) is 0 Å². The number of rotatable bonds is 4. The van der Waals surface area contributed by atoms with Crippen LogP contribution in [0.25, 0.3) is 22.3 Å². The van der Waals surface area contributed by atoms with Gasteiger partial charge < -0.3 is 0 Å². The maximum absolute atomic E-state index is 5.31. The summed E-state index contributed by atoms with van der Waals surface area (Å²) >= 11 is 0. The first-order chi connectivity index (χ1) is 23.8. The Morgan fingerprint density at radius 1 is 0.245 bits per heavy atom. The largest absolute Gasteiger partial charge is 0.248 e. The minimum absolute atomic E-state index is 0. The van der Waals surface area contributed by atoms with Crippen LogP contribution in [0, 0.1) is 0 Å². The van der Waals surface area contributed by atoms with Crippen LogP contribution in [0.2, 0.25) is 0 Å². The molecule has 0 amide bonds. The van der Waals surface area contributed by atoms with Crippen molar-refractivity contribution in [1.82, 2.24) is 0 Å². The van der Waals surface area contributed by atoms with Gasteiger partial charge in [-0.15, -0.1) is 0 Å². The summed E-state index contributed by atoms with van der Waals surface area (Å²) in [6.07, 6.45) is 16.8. The van der Waals surface area contributed by atoms with E-state index in [0.717, 1.165) is 90.2 Å². The number of aliphatic imine (C=N–C) groups is 4. The van der Waals surface area contributed by atoms with Crippen molar-refractivity contribution in [2.75, 3.05) is 0 Å². The van der Waals surface area contributed by atoms with Gasteiger partial charge in [-0.2, -0.15) is 0 Å². The molecule has 0 saturated carbocycles. The molecule has 4 nitrogen and oxygen atoms in total. The maximum Gasteiger partial charge on any atom is 0.0738 e. The van der Waals surface area contributed by atoms with Crippen LogP contribution in [0.4, 0.5) is 0 Å². The van der Waals surface area contributed by atoms with E-state index in [0.29, 0.717) is 0 Å². The second kappa shape index (κ2) is 13.0. The molecule has 0 unspecified atom stereocenters. The van der Waals surface area contributed by atoms with E-state index in [2.05, 4.69) is 146 Å². The van der Waals surface area contributed by atoms with Crippen LogP contribution in [0.1, 0.15) is 22.3 Å². The van der Waals surface area contributed by atoms with Gasteiger partial charge in [0.2, 0.25) is 0 Å². The van der Waals surface area contributed by atoms with Gasteiger partial charge in [-0.3, -0.25) is 0 Å². The van der Waals surface area contributed by atoms with Crippen molar-refractivity contribution in [3.05, 3.63) is 215 Å². The van der Waals surface area contributed by atoms with Gasteiger partial charge in [-0.1, -0.05) is 121 Å². The van der Waals surface area contributed by atoms with Crippen molar-refractivity contribution in [3.63, 3.8) is 0 Å². The van der Waals surface area contributed by atoms with Crippen LogP contribution in [-0.4, -0.2) is 22.8 Å². The molecular weight excluding hydrogens is 650 g/mol. The molecule has 0 radical (unpaired) electrons. The predicted octanol–water partition coefficient (Wildman–Crippen LogP) is 9.69. The van der Waals surface area contributed by atoms with Crippen molar-refractivity contribution < 1.29 is 19.5 Å². The molecule has 4 aromatic carbocycles.